The molecule has 2 atom stereocenters. The number of hydrogen-bond acceptors (Lipinski definition) is 6. The number of hydrogen-bond donors (Lipinski definition) is 2. The van der Waals surface area contributed by atoms with Gasteiger partial charge in [-0.05, 0) is 51.7 Å². The van der Waals surface area contributed by atoms with Crippen LogP contribution in [0, 0.1) is 5.92 Å². The molecule has 1 aromatic carbocycles. The minimum Gasteiger partial charge on any atom is -0.451 e. The van der Waals surface area contributed by atoms with E-state index in [1.54, 1.807) is 25.1 Å². The van der Waals surface area contributed by atoms with Gasteiger partial charge in [0.1, 0.15) is 12.1 Å². The second-order valence-electron chi connectivity index (χ2n) is 7.56. The molecule has 0 radical (unpaired) electrons. The van der Waals surface area contributed by atoms with Gasteiger partial charge in [-0.3, -0.25) is 24.1 Å². The molecule has 1 aliphatic carbocycles. The van der Waals surface area contributed by atoms with Crippen LogP contribution in [-0.2, 0) is 19.1 Å². The Morgan fingerprint density at radius 3 is 2.62 bits per heavy atom. The summed E-state index contributed by atoms with van der Waals surface area (Å²) in [5.41, 5.74) is -0.160. The van der Waals surface area contributed by atoms with Crippen LogP contribution in [0.15, 0.2) is 24.3 Å². The first-order valence-corrected chi connectivity index (χ1v) is 9.37. The molecule has 1 heterocycles. The van der Waals surface area contributed by atoms with Crippen LogP contribution < -0.4 is 10.6 Å². The monoisotopic (exact) mass is 401 g/mol. The molecule has 1 saturated heterocycles. The highest BCUT2D eigenvalue weighted by Gasteiger charge is 2.56. The standard InChI is InChI=1S/C20H23N3O6/c1-11(24)13-5-4-6-15(9-13)21-17(26)12(2)29-16(25)10-23-18(27)20(3,14-7-8-14)22-19(23)28/h4-6,9,12,14H,7-8,10H2,1-3H3,(H,21,26)(H,22,28)/t12-,20-/m0/s1. The minimum atomic E-state index is -1.15. The van der Waals surface area contributed by atoms with E-state index >= 15 is 0 Å². The molecule has 0 bridgehead atoms. The molecular formula is C20H23N3O6. The van der Waals surface area contributed by atoms with Gasteiger partial charge in [-0.2, -0.15) is 0 Å². The number of Topliss-reactive ketones (excluding diaryl/α,β-unsaturated/α-hetero) is 1. The number of carbonyl (C=O) groups excluding carboxylic acids is 5. The number of ketones is 1. The Labute approximate surface area is 167 Å². The topological polar surface area (TPSA) is 122 Å². The van der Waals surface area contributed by atoms with E-state index in [0.29, 0.717) is 11.3 Å². The van der Waals surface area contributed by atoms with Gasteiger partial charge in [0.2, 0.25) is 0 Å². The van der Waals surface area contributed by atoms with Crippen molar-refractivity contribution in [3.05, 3.63) is 29.8 Å². The maximum Gasteiger partial charge on any atom is 0.327 e. The summed E-state index contributed by atoms with van der Waals surface area (Å²) in [6, 6.07) is 5.72. The number of nitrogens with zero attached hydrogens (tertiary/aromatic N) is 1. The van der Waals surface area contributed by atoms with Gasteiger partial charge < -0.3 is 15.4 Å². The number of benzene rings is 1. The maximum atomic E-state index is 12.5. The number of imide groups is 1. The predicted octanol–water partition coefficient (Wildman–Crippen LogP) is 1.48. The number of esters is 1. The Bertz CT molecular complexity index is 894. The first-order valence-electron chi connectivity index (χ1n) is 9.37. The largest absolute Gasteiger partial charge is 0.451 e. The summed E-state index contributed by atoms with van der Waals surface area (Å²) >= 11 is 0. The molecule has 0 aromatic heterocycles. The molecule has 1 aliphatic heterocycles. The first kappa shape index (κ1) is 20.5. The molecule has 1 saturated carbocycles. The molecule has 154 valence electrons. The lowest BCUT2D eigenvalue weighted by Crippen LogP contribution is -2.46. The van der Waals surface area contributed by atoms with E-state index in [2.05, 4.69) is 10.6 Å². The van der Waals surface area contributed by atoms with E-state index in [9.17, 15) is 24.0 Å². The van der Waals surface area contributed by atoms with Crippen molar-refractivity contribution in [2.75, 3.05) is 11.9 Å². The molecule has 9 heteroatoms. The van der Waals surface area contributed by atoms with E-state index in [0.717, 1.165) is 17.7 Å². The number of ether oxygens (including phenoxy) is 1. The summed E-state index contributed by atoms with van der Waals surface area (Å²) in [4.78, 5) is 61.3. The molecule has 9 nitrogen and oxygen atoms in total. The quantitative estimate of drug-likeness (QED) is 0.405. The van der Waals surface area contributed by atoms with Gasteiger partial charge >= 0.3 is 12.0 Å². The van der Waals surface area contributed by atoms with Crippen molar-refractivity contribution >= 4 is 35.3 Å². The fraction of sp³-hybridized carbons (Fsp3) is 0.450. The fourth-order valence-electron chi connectivity index (χ4n) is 3.27. The summed E-state index contributed by atoms with van der Waals surface area (Å²) in [5.74, 6) is -1.99. The van der Waals surface area contributed by atoms with Crippen LogP contribution in [-0.4, -0.2) is 52.7 Å². The zero-order chi connectivity index (χ0) is 21.3. The third-order valence-electron chi connectivity index (χ3n) is 5.20. The zero-order valence-electron chi connectivity index (χ0n) is 16.5. The Balaban J connectivity index is 1.55. The van der Waals surface area contributed by atoms with E-state index in [1.165, 1.54) is 19.9 Å². The minimum absolute atomic E-state index is 0.0791. The maximum absolute atomic E-state index is 12.5. The lowest BCUT2D eigenvalue weighted by molar-refractivity contribution is -0.155. The molecule has 0 spiro atoms. The molecule has 3 rings (SSSR count). The molecule has 0 unspecified atom stereocenters. The van der Waals surface area contributed by atoms with Crippen LogP contribution in [0.2, 0.25) is 0 Å². The normalized spacial score (nSPS) is 22.1. The summed E-state index contributed by atoms with van der Waals surface area (Å²) < 4.78 is 5.07. The second-order valence-corrected chi connectivity index (χ2v) is 7.56. The van der Waals surface area contributed by atoms with Gasteiger partial charge in [-0.1, -0.05) is 12.1 Å². The SMILES string of the molecule is CC(=O)c1cccc(NC(=O)[C@H](C)OC(=O)CN2C(=O)N[C@@](C)(C3CC3)C2=O)c1. The molecule has 1 aromatic rings. The van der Waals surface area contributed by atoms with Crippen molar-refractivity contribution in [2.24, 2.45) is 5.92 Å². The van der Waals surface area contributed by atoms with Crippen LogP contribution >= 0.6 is 0 Å². The summed E-state index contributed by atoms with van der Waals surface area (Å²) in [7, 11) is 0. The van der Waals surface area contributed by atoms with Gasteiger partial charge in [0.25, 0.3) is 11.8 Å². The van der Waals surface area contributed by atoms with Gasteiger partial charge in [-0.25, -0.2) is 4.79 Å². The van der Waals surface area contributed by atoms with Crippen LogP contribution in [0.1, 0.15) is 44.0 Å². The number of nitrogens with one attached hydrogen (secondary N) is 2. The van der Waals surface area contributed by atoms with E-state index in [4.69, 9.17) is 4.74 Å². The lowest BCUT2D eigenvalue weighted by Gasteiger charge is -2.21. The Morgan fingerprint density at radius 1 is 1.31 bits per heavy atom. The highest BCUT2D eigenvalue weighted by Crippen LogP contribution is 2.42. The number of rotatable bonds is 7. The van der Waals surface area contributed by atoms with Gasteiger partial charge in [0.05, 0.1) is 0 Å². The van der Waals surface area contributed by atoms with Crippen LogP contribution in [0.3, 0.4) is 0 Å². The summed E-state index contributed by atoms with van der Waals surface area (Å²) in [6.07, 6.45) is 0.546. The molecule has 2 aliphatic rings. The van der Waals surface area contributed by atoms with Crippen molar-refractivity contribution in [3.63, 3.8) is 0 Å². The van der Waals surface area contributed by atoms with Crippen molar-refractivity contribution in [2.45, 2.75) is 45.3 Å². The van der Waals surface area contributed by atoms with E-state index < -0.39 is 42.0 Å². The first-order chi connectivity index (χ1) is 13.6. The Morgan fingerprint density at radius 2 is 2.00 bits per heavy atom. The van der Waals surface area contributed by atoms with Crippen LogP contribution in [0.25, 0.3) is 0 Å². The van der Waals surface area contributed by atoms with Gasteiger partial charge in [-0.15, -0.1) is 0 Å². The Kier molecular flexibility index (Phi) is 5.41. The van der Waals surface area contributed by atoms with Crippen molar-refractivity contribution in [1.29, 1.82) is 0 Å². The summed E-state index contributed by atoms with van der Waals surface area (Å²) in [5, 5.41) is 5.20. The van der Waals surface area contributed by atoms with Gasteiger partial charge in [0.15, 0.2) is 11.9 Å². The zero-order valence-corrected chi connectivity index (χ0v) is 16.5. The number of carbonyl (C=O) groups is 5. The van der Waals surface area contributed by atoms with Crippen LogP contribution in [0.4, 0.5) is 10.5 Å². The molecule has 2 fully saturated rings. The van der Waals surface area contributed by atoms with E-state index in [1.807, 2.05) is 0 Å². The molecule has 4 amide bonds. The lowest BCUT2D eigenvalue weighted by atomic mass is 9.96. The number of amides is 4. The summed E-state index contributed by atoms with van der Waals surface area (Å²) in [6.45, 7) is 3.88. The van der Waals surface area contributed by atoms with Crippen molar-refractivity contribution in [1.82, 2.24) is 10.2 Å². The molecule has 29 heavy (non-hydrogen) atoms. The highest BCUT2D eigenvalue weighted by atomic mass is 16.5. The smallest absolute Gasteiger partial charge is 0.327 e. The average Bonchev–Trinajstić information content (AvgIpc) is 3.48. The predicted molar refractivity (Wildman–Crippen MR) is 102 cm³/mol. The van der Waals surface area contributed by atoms with Gasteiger partial charge in [0, 0.05) is 11.3 Å². The van der Waals surface area contributed by atoms with Crippen molar-refractivity contribution < 1.29 is 28.7 Å². The second kappa shape index (κ2) is 7.65. The third-order valence-corrected chi connectivity index (χ3v) is 5.20. The van der Waals surface area contributed by atoms with Crippen LogP contribution in [0.5, 0.6) is 0 Å². The van der Waals surface area contributed by atoms with Crippen molar-refractivity contribution in [3.8, 4) is 0 Å². The Hall–Kier alpha value is -3.23. The molecular weight excluding hydrogens is 378 g/mol. The average molecular weight is 401 g/mol. The third kappa shape index (κ3) is 4.28. The van der Waals surface area contributed by atoms with E-state index in [-0.39, 0.29) is 11.7 Å². The number of urea groups is 1. The molecule has 2 N–H and O–H groups in total. The fourth-order valence-corrected chi connectivity index (χ4v) is 3.27. The highest BCUT2D eigenvalue weighted by molar-refractivity contribution is 6.09. The number of anilines is 1.